The molecule has 7 nitrogen and oxygen atoms in total. The minimum Gasteiger partial charge on any atom is -0.478 e. The van der Waals surface area contributed by atoms with Gasteiger partial charge in [0.05, 0.1) is 12.6 Å². The van der Waals surface area contributed by atoms with Gasteiger partial charge in [-0.1, -0.05) is 0 Å². The molecule has 2 rings (SSSR count). The number of aryl methyl sites for hydroxylation is 1. The first kappa shape index (κ1) is 15.0. The highest BCUT2D eigenvalue weighted by Gasteiger charge is 2.15. The molecule has 1 atom stereocenters. The number of nitrogens with zero attached hydrogens (tertiary/aromatic N) is 1. The van der Waals surface area contributed by atoms with Crippen molar-refractivity contribution in [2.75, 3.05) is 0 Å². The monoisotopic (exact) mass is 309 g/mol. The van der Waals surface area contributed by atoms with Crippen LogP contribution >= 0.6 is 11.3 Å². The van der Waals surface area contributed by atoms with Gasteiger partial charge in [-0.2, -0.15) is 0 Å². The highest BCUT2D eigenvalue weighted by Crippen LogP contribution is 2.15. The van der Waals surface area contributed by atoms with Gasteiger partial charge in [0.2, 0.25) is 0 Å². The lowest BCUT2D eigenvalue weighted by Gasteiger charge is -2.11. The van der Waals surface area contributed by atoms with Gasteiger partial charge >= 0.3 is 12.0 Å². The van der Waals surface area contributed by atoms with Gasteiger partial charge in [-0.05, 0) is 19.9 Å². The number of aromatic carboxylic acids is 1. The molecule has 0 spiro atoms. The van der Waals surface area contributed by atoms with Gasteiger partial charge in [-0.15, -0.1) is 11.3 Å². The number of hydrogen-bond donors (Lipinski definition) is 3. The zero-order chi connectivity index (χ0) is 15.4. The lowest BCUT2D eigenvalue weighted by atomic mass is 10.2. The summed E-state index contributed by atoms with van der Waals surface area (Å²) in [4.78, 5) is 26.7. The number of thiazole rings is 1. The molecule has 2 aromatic heterocycles. The normalized spacial score (nSPS) is 11.9. The van der Waals surface area contributed by atoms with Crippen molar-refractivity contribution in [1.29, 1.82) is 0 Å². The molecule has 0 radical (unpaired) electrons. The highest BCUT2D eigenvalue weighted by molar-refractivity contribution is 7.09. The van der Waals surface area contributed by atoms with E-state index in [0.717, 1.165) is 5.01 Å². The van der Waals surface area contributed by atoms with Crippen LogP contribution in [0.5, 0.6) is 0 Å². The summed E-state index contributed by atoms with van der Waals surface area (Å²) in [6.07, 6.45) is 1.68. The fourth-order valence-corrected chi connectivity index (χ4v) is 2.41. The number of carboxylic acids is 1. The van der Waals surface area contributed by atoms with Crippen molar-refractivity contribution in [2.45, 2.75) is 26.4 Å². The average molecular weight is 309 g/mol. The minimum atomic E-state index is -1.05. The van der Waals surface area contributed by atoms with Crippen LogP contribution in [0.15, 0.2) is 22.1 Å². The molecule has 0 bridgehead atoms. The van der Waals surface area contributed by atoms with Crippen molar-refractivity contribution in [3.05, 3.63) is 39.7 Å². The fourth-order valence-electron chi connectivity index (χ4n) is 1.77. The first-order valence-corrected chi connectivity index (χ1v) is 7.11. The molecule has 0 aliphatic heterocycles. The Bertz CT molecular complexity index is 636. The minimum absolute atomic E-state index is 0.100. The van der Waals surface area contributed by atoms with Crippen LogP contribution in [0.1, 0.15) is 39.9 Å². The van der Waals surface area contributed by atoms with E-state index in [-0.39, 0.29) is 24.2 Å². The zero-order valence-electron chi connectivity index (χ0n) is 11.5. The van der Waals surface area contributed by atoms with Crippen LogP contribution in [-0.4, -0.2) is 22.1 Å². The maximum atomic E-state index is 11.7. The van der Waals surface area contributed by atoms with E-state index in [1.807, 2.05) is 12.3 Å². The van der Waals surface area contributed by atoms with Crippen molar-refractivity contribution in [2.24, 2.45) is 0 Å². The number of carbonyl (C=O) groups excluding carboxylic acids is 1. The van der Waals surface area contributed by atoms with Crippen molar-refractivity contribution >= 4 is 23.3 Å². The van der Waals surface area contributed by atoms with E-state index >= 15 is 0 Å². The van der Waals surface area contributed by atoms with E-state index in [1.165, 1.54) is 17.4 Å². The summed E-state index contributed by atoms with van der Waals surface area (Å²) in [5, 5.41) is 16.9. The van der Waals surface area contributed by atoms with E-state index in [0.29, 0.717) is 11.5 Å². The number of amides is 2. The number of carbonyl (C=O) groups is 2. The molecule has 0 aliphatic carbocycles. The zero-order valence-corrected chi connectivity index (χ0v) is 12.4. The predicted octanol–water partition coefficient (Wildman–Crippen LogP) is 2.30. The molecule has 0 saturated carbocycles. The lowest BCUT2D eigenvalue weighted by molar-refractivity contribution is 0.0695. The second-order valence-electron chi connectivity index (χ2n) is 4.41. The first-order valence-electron chi connectivity index (χ1n) is 6.23. The largest absolute Gasteiger partial charge is 0.478 e. The van der Waals surface area contributed by atoms with Gasteiger partial charge in [0.1, 0.15) is 22.1 Å². The van der Waals surface area contributed by atoms with Crippen LogP contribution in [0, 0.1) is 6.92 Å². The lowest BCUT2D eigenvalue weighted by Crippen LogP contribution is -2.36. The molecule has 3 N–H and O–H groups in total. The molecule has 2 heterocycles. The third-order valence-electron chi connectivity index (χ3n) is 2.79. The predicted molar refractivity (Wildman–Crippen MR) is 76.3 cm³/mol. The Kier molecular flexibility index (Phi) is 4.59. The van der Waals surface area contributed by atoms with E-state index in [2.05, 4.69) is 15.6 Å². The summed E-state index contributed by atoms with van der Waals surface area (Å²) < 4.78 is 5.27. The summed E-state index contributed by atoms with van der Waals surface area (Å²) >= 11 is 1.46. The molecular formula is C13H15N3O4S. The van der Waals surface area contributed by atoms with Crippen molar-refractivity contribution < 1.29 is 19.1 Å². The van der Waals surface area contributed by atoms with E-state index in [4.69, 9.17) is 9.52 Å². The summed E-state index contributed by atoms with van der Waals surface area (Å²) in [6.45, 7) is 3.51. The number of carboxylic acid groups (broad SMARTS) is 1. The van der Waals surface area contributed by atoms with Crippen molar-refractivity contribution in [1.82, 2.24) is 15.6 Å². The Morgan fingerprint density at radius 3 is 2.86 bits per heavy atom. The number of urea groups is 1. The maximum absolute atomic E-state index is 11.7. The summed E-state index contributed by atoms with van der Waals surface area (Å²) in [5.74, 6) is -0.345. The van der Waals surface area contributed by atoms with Crippen LogP contribution in [0.3, 0.4) is 0 Å². The standard InChI is InChI=1S/C13H15N3O4S/c1-7(11-14-3-4-21-11)16-13(19)15-6-9-5-10(12(17)18)8(2)20-9/h3-5,7H,6H2,1-2H3,(H,17,18)(H2,15,16,19). The van der Waals surface area contributed by atoms with Crippen LogP contribution in [0.4, 0.5) is 4.79 Å². The quantitative estimate of drug-likeness (QED) is 0.786. The van der Waals surface area contributed by atoms with Gasteiger partial charge < -0.3 is 20.2 Å². The number of aromatic nitrogens is 1. The Hall–Kier alpha value is -2.35. The topological polar surface area (TPSA) is 104 Å². The van der Waals surface area contributed by atoms with Crippen LogP contribution in [0.25, 0.3) is 0 Å². The Balaban J connectivity index is 1.86. The molecule has 112 valence electrons. The highest BCUT2D eigenvalue weighted by atomic mass is 32.1. The van der Waals surface area contributed by atoms with Crippen LogP contribution in [0.2, 0.25) is 0 Å². The van der Waals surface area contributed by atoms with Crippen LogP contribution in [-0.2, 0) is 6.54 Å². The number of nitrogens with one attached hydrogen (secondary N) is 2. The molecule has 0 aromatic carbocycles. The van der Waals surface area contributed by atoms with Crippen LogP contribution < -0.4 is 10.6 Å². The number of hydrogen-bond acceptors (Lipinski definition) is 5. The van der Waals surface area contributed by atoms with Gasteiger partial charge in [0.25, 0.3) is 0 Å². The second-order valence-corrected chi connectivity index (χ2v) is 5.33. The molecule has 2 aromatic rings. The maximum Gasteiger partial charge on any atom is 0.339 e. The van der Waals surface area contributed by atoms with Gasteiger partial charge in [-0.25, -0.2) is 14.6 Å². The molecule has 2 amide bonds. The number of furan rings is 1. The molecule has 21 heavy (non-hydrogen) atoms. The molecule has 0 saturated heterocycles. The van der Waals surface area contributed by atoms with E-state index in [1.54, 1.807) is 13.1 Å². The fraction of sp³-hybridized carbons (Fsp3) is 0.308. The summed E-state index contributed by atoms with van der Waals surface area (Å²) in [5.41, 5.74) is 0.100. The van der Waals surface area contributed by atoms with E-state index in [9.17, 15) is 9.59 Å². The molecule has 0 aliphatic rings. The van der Waals surface area contributed by atoms with Gasteiger partial charge in [-0.3, -0.25) is 0 Å². The molecule has 1 unspecified atom stereocenters. The third kappa shape index (κ3) is 3.82. The summed E-state index contributed by atoms with van der Waals surface area (Å²) in [6, 6.07) is 0.837. The number of rotatable bonds is 5. The Morgan fingerprint density at radius 1 is 1.52 bits per heavy atom. The van der Waals surface area contributed by atoms with E-state index < -0.39 is 5.97 Å². The van der Waals surface area contributed by atoms with Gasteiger partial charge in [0.15, 0.2) is 0 Å². The first-order chi connectivity index (χ1) is 9.97. The third-order valence-corrected chi connectivity index (χ3v) is 3.75. The van der Waals surface area contributed by atoms with Crippen molar-refractivity contribution in [3.8, 4) is 0 Å². The van der Waals surface area contributed by atoms with Crippen molar-refractivity contribution in [3.63, 3.8) is 0 Å². The molecule has 0 fully saturated rings. The van der Waals surface area contributed by atoms with Gasteiger partial charge in [0, 0.05) is 11.6 Å². The molecule has 8 heteroatoms. The Morgan fingerprint density at radius 2 is 2.29 bits per heavy atom. The SMILES string of the molecule is Cc1oc(CNC(=O)NC(C)c2nccs2)cc1C(=O)O. The average Bonchev–Trinajstić information content (AvgIpc) is 3.05. The Labute approximate surface area is 125 Å². The summed E-state index contributed by atoms with van der Waals surface area (Å²) in [7, 11) is 0. The molecular weight excluding hydrogens is 294 g/mol. The second kappa shape index (κ2) is 6.40. The smallest absolute Gasteiger partial charge is 0.339 e.